The molecule has 2 aliphatic rings. The largest absolute Gasteiger partial charge is 0.341 e. The first-order chi connectivity index (χ1) is 9.81. The molecular formula is C17H25ClN2O. The minimum absolute atomic E-state index is 0. The summed E-state index contributed by atoms with van der Waals surface area (Å²) in [5.74, 6) is 2.08. The van der Waals surface area contributed by atoms with Crippen LogP contribution >= 0.6 is 12.4 Å². The molecule has 1 amide bonds. The Bertz CT molecular complexity index is 455. The van der Waals surface area contributed by atoms with E-state index in [0.29, 0.717) is 36.8 Å². The number of hydrogen-bond donors (Lipinski definition) is 1. The fourth-order valence-corrected chi connectivity index (χ4v) is 3.80. The smallest absolute Gasteiger partial charge is 0.226 e. The van der Waals surface area contributed by atoms with E-state index in [1.54, 1.807) is 0 Å². The summed E-state index contributed by atoms with van der Waals surface area (Å²) in [6.07, 6.45) is 4.76. The van der Waals surface area contributed by atoms with Crippen molar-refractivity contribution < 1.29 is 4.79 Å². The van der Waals surface area contributed by atoms with Crippen molar-refractivity contribution in [3.8, 4) is 0 Å². The zero-order chi connectivity index (χ0) is 13.9. The van der Waals surface area contributed by atoms with Gasteiger partial charge in [-0.05, 0) is 36.7 Å². The van der Waals surface area contributed by atoms with E-state index < -0.39 is 0 Å². The molecule has 2 saturated carbocycles. The summed E-state index contributed by atoms with van der Waals surface area (Å²) in [6, 6.07) is 10.4. The molecule has 0 saturated heterocycles. The number of fused-ring (bicyclic) bond motifs is 1. The Hall–Kier alpha value is -1.06. The predicted octanol–water partition coefficient (Wildman–Crippen LogP) is 2.48. The Morgan fingerprint density at radius 2 is 1.81 bits per heavy atom. The minimum Gasteiger partial charge on any atom is -0.341 e. The second-order valence-corrected chi connectivity index (χ2v) is 6.13. The van der Waals surface area contributed by atoms with Crippen molar-refractivity contribution in [2.24, 2.45) is 23.5 Å². The average Bonchev–Trinajstić information content (AvgIpc) is 2.96. The summed E-state index contributed by atoms with van der Waals surface area (Å²) in [6.45, 7) is 2.06. The summed E-state index contributed by atoms with van der Waals surface area (Å²) in [5, 5.41) is 0. The van der Waals surface area contributed by atoms with Gasteiger partial charge in [-0.2, -0.15) is 0 Å². The highest BCUT2D eigenvalue weighted by Gasteiger charge is 2.57. The Labute approximate surface area is 133 Å². The molecule has 2 aliphatic carbocycles. The van der Waals surface area contributed by atoms with Crippen LogP contribution < -0.4 is 5.73 Å². The Morgan fingerprint density at radius 1 is 1.14 bits per heavy atom. The molecule has 3 nitrogen and oxygen atoms in total. The number of hydrogen-bond acceptors (Lipinski definition) is 2. The number of amides is 1. The standard InChI is InChI=1S/C17H24N2O.ClH/c18-10-12-19(11-9-13-5-2-1-3-6-13)17(20)16-14-7-4-8-15(14)16;/h1-3,5-6,14-16H,4,7-12,18H2;1H. The van der Waals surface area contributed by atoms with Crippen molar-refractivity contribution in [1.82, 2.24) is 4.90 Å². The van der Waals surface area contributed by atoms with Crippen molar-refractivity contribution in [3.05, 3.63) is 35.9 Å². The molecule has 0 heterocycles. The molecule has 0 radical (unpaired) electrons. The van der Waals surface area contributed by atoms with Gasteiger partial charge in [-0.1, -0.05) is 36.8 Å². The predicted molar refractivity (Wildman–Crippen MR) is 87.3 cm³/mol. The van der Waals surface area contributed by atoms with Crippen molar-refractivity contribution in [3.63, 3.8) is 0 Å². The van der Waals surface area contributed by atoms with E-state index in [1.165, 1.54) is 24.8 Å². The number of halogens is 1. The van der Waals surface area contributed by atoms with E-state index in [1.807, 2.05) is 11.0 Å². The Morgan fingerprint density at radius 3 is 2.43 bits per heavy atom. The van der Waals surface area contributed by atoms with E-state index in [0.717, 1.165) is 13.0 Å². The van der Waals surface area contributed by atoms with Crippen LogP contribution in [-0.2, 0) is 11.2 Å². The van der Waals surface area contributed by atoms with Gasteiger partial charge in [0.25, 0.3) is 0 Å². The van der Waals surface area contributed by atoms with Crippen LogP contribution in [0.3, 0.4) is 0 Å². The highest BCUT2D eigenvalue weighted by molar-refractivity contribution is 5.85. The molecule has 0 bridgehead atoms. The summed E-state index contributed by atoms with van der Waals surface area (Å²) in [5.41, 5.74) is 6.97. The molecule has 2 unspecified atom stereocenters. The molecule has 21 heavy (non-hydrogen) atoms. The van der Waals surface area contributed by atoms with Crippen LogP contribution in [0, 0.1) is 17.8 Å². The molecule has 2 atom stereocenters. The molecule has 1 aromatic carbocycles. The first-order valence-corrected chi connectivity index (χ1v) is 7.84. The lowest BCUT2D eigenvalue weighted by molar-refractivity contribution is -0.133. The van der Waals surface area contributed by atoms with Crippen LogP contribution in [0.2, 0.25) is 0 Å². The maximum atomic E-state index is 12.6. The van der Waals surface area contributed by atoms with E-state index in [4.69, 9.17) is 5.73 Å². The van der Waals surface area contributed by atoms with Gasteiger partial charge in [0.05, 0.1) is 0 Å². The van der Waals surface area contributed by atoms with Gasteiger partial charge in [0, 0.05) is 25.6 Å². The van der Waals surface area contributed by atoms with Gasteiger partial charge in [-0.15, -0.1) is 12.4 Å². The van der Waals surface area contributed by atoms with Gasteiger partial charge in [-0.3, -0.25) is 4.79 Å². The van der Waals surface area contributed by atoms with Crippen molar-refractivity contribution in [2.75, 3.05) is 19.6 Å². The second kappa shape index (κ2) is 7.28. The molecule has 0 spiro atoms. The van der Waals surface area contributed by atoms with E-state index in [2.05, 4.69) is 24.3 Å². The zero-order valence-electron chi connectivity index (χ0n) is 12.4. The van der Waals surface area contributed by atoms with Gasteiger partial charge >= 0.3 is 0 Å². The van der Waals surface area contributed by atoms with E-state index in [9.17, 15) is 4.79 Å². The normalized spacial score (nSPS) is 25.9. The SMILES string of the molecule is Cl.NCCN(CCc1ccccc1)C(=O)C1C2CCCC21. The van der Waals surface area contributed by atoms with Gasteiger partial charge in [0.1, 0.15) is 0 Å². The maximum Gasteiger partial charge on any atom is 0.226 e. The molecule has 1 aromatic rings. The van der Waals surface area contributed by atoms with E-state index >= 15 is 0 Å². The van der Waals surface area contributed by atoms with Gasteiger partial charge in [-0.25, -0.2) is 0 Å². The summed E-state index contributed by atoms with van der Waals surface area (Å²) < 4.78 is 0. The second-order valence-electron chi connectivity index (χ2n) is 6.13. The van der Waals surface area contributed by atoms with Crippen LogP contribution in [0.1, 0.15) is 24.8 Å². The molecule has 2 fully saturated rings. The van der Waals surface area contributed by atoms with Gasteiger partial charge in [0.2, 0.25) is 5.91 Å². The third-order valence-corrected chi connectivity index (χ3v) is 4.92. The van der Waals surface area contributed by atoms with Crippen molar-refractivity contribution >= 4 is 18.3 Å². The third kappa shape index (κ3) is 3.58. The lowest BCUT2D eigenvalue weighted by Crippen LogP contribution is -2.38. The average molecular weight is 309 g/mol. The van der Waals surface area contributed by atoms with Gasteiger partial charge in [0.15, 0.2) is 0 Å². The number of rotatable bonds is 6. The quantitative estimate of drug-likeness (QED) is 0.877. The van der Waals surface area contributed by atoms with Crippen molar-refractivity contribution in [1.29, 1.82) is 0 Å². The molecule has 116 valence electrons. The zero-order valence-corrected chi connectivity index (χ0v) is 13.2. The van der Waals surface area contributed by atoms with Crippen molar-refractivity contribution in [2.45, 2.75) is 25.7 Å². The molecule has 0 aromatic heterocycles. The fourth-order valence-electron chi connectivity index (χ4n) is 3.80. The van der Waals surface area contributed by atoms with Crippen LogP contribution in [0.15, 0.2) is 30.3 Å². The topological polar surface area (TPSA) is 46.3 Å². The van der Waals surface area contributed by atoms with Gasteiger partial charge < -0.3 is 10.6 Å². The highest BCUT2D eigenvalue weighted by Crippen LogP contribution is 2.58. The molecule has 4 heteroatoms. The molecular weight excluding hydrogens is 284 g/mol. The summed E-state index contributed by atoms with van der Waals surface area (Å²) >= 11 is 0. The molecule has 2 N–H and O–H groups in total. The first kappa shape index (κ1) is 16.3. The maximum absolute atomic E-state index is 12.6. The number of nitrogens with two attached hydrogens (primary N) is 1. The van der Waals surface area contributed by atoms with E-state index in [-0.39, 0.29) is 12.4 Å². The number of nitrogens with zero attached hydrogens (tertiary/aromatic N) is 1. The van der Waals surface area contributed by atoms with Crippen LogP contribution in [0.25, 0.3) is 0 Å². The monoisotopic (exact) mass is 308 g/mol. The summed E-state index contributed by atoms with van der Waals surface area (Å²) in [7, 11) is 0. The number of carbonyl (C=O) groups excluding carboxylic acids is 1. The first-order valence-electron chi connectivity index (χ1n) is 7.84. The molecule has 0 aliphatic heterocycles. The highest BCUT2D eigenvalue weighted by atomic mass is 35.5. The number of benzene rings is 1. The van der Waals surface area contributed by atoms with Crippen LogP contribution in [0.4, 0.5) is 0 Å². The Kier molecular flexibility index (Phi) is 5.65. The van der Waals surface area contributed by atoms with Crippen LogP contribution in [-0.4, -0.2) is 30.4 Å². The fraction of sp³-hybridized carbons (Fsp3) is 0.588. The molecule has 3 rings (SSSR count). The lowest BCUT2D eigenvalue weighted by Gasteiger charge is -2.23. The Balaban J connectivity index is 0.00000161. The third-order valence-electron chi connectivity index (χ3n) is 4.92. The lowest BCUT2D eigenvalue weighted by atomic mass is 10.1. The minimum atomic E-state index is 0. The number of carbonyl (C=O) groups is 1. The summed E-state index contributed by atoms with van der Waals surface area (Å²) in [4.78, 5) is 14.6. The van der Waals surface area contributed by atoms with Crippen LogP contribution in [0.5, 0.6) is 0 Å².